The summed E-state index contributed by atoms with van der Waals surface area (Å²) in [4.78, 5) is 50.6. The molecule has 2 N–H and O–H groups in total. The number of amides is 4. The Labute approximate surface area is 189 Å². The van der Waals surface area contributed by atoms with Crippen LogP contribution in [0.15, 0.2) is 42.8 Å². The molecule has 0 fully saturated rings. The van der Waals surface area contributed by atoms with Crippen molar-refractivity contribution < 1.29 is 19.4 Å². The van der Waals surface area contributed by atoms with Crippen LogP contribution in [0.2, 0.25) is 0 Å². The molecule has 172 valence electrons. The summed E-state index contributed by atoms with van der Waals surface area (Å²) in [6.45, 7) is 0. The molecule has 1 aromatic heterocycles. The van der Waals surface area contributed by atoms with Crippen LogP contribution in [0.3, 0.4) is 0 Å². The van der Waals surface area contributed by atoms with E-state index in [1.165, 1.54) is 48.7 Å². The number of benzene rings is 1. The molecule has 2 aromatic rings. The highest BCUT2D eigenvalue weighted by Gasteiger charge is 2.38. The normalized spacial score (nSPS) is 19.5. The number of thiazole rings is 1. The lowest BCUT2D eigenvalue weighted by atomic mass is 10.3. The molecule has 0 spiro atoms. The van der Waals surface area contributed by atoms with E-state index in [0.717, 1.165) is 21.4 Å². The van der Waals surface area contributed by atoms with Gasteiger partial charge in [-0.2, -0.15) is 10.0 Å². The Hall–Kier alpha value is -4.47. The van der Waals surface area contributed by atoms with Gasteiger partial charge in [0.05, 0.1) is 20.1 Å². The van der Waals surface area contributed by atoms with Crippen LogP contribution >= 0.6 is 11.3 Å². The SMILES string of the molecule is CN1C=CC([N+](=O)[O-])N1C(=O)Nc1ccc2nc(NC(=O)N3C([N+](=O)[O-])C=CN3C)sc2c1. The Bertz CT molecular complexity index is 1160. The van der Waals surface area contributed by atoms with Gasteiger partial charge >= 0.3 is 24.4 Å². The maximum absolute atomic E-state index is 12.6. The van der Waals surface area contributed by atoms with Gasteiger partial charge in [-0.15, -0.1) is 0 Å². The van der Waals surface area contributed by atoms with E-state index in [4.69, 9.17) is 0 Å². The molecule has 2 aliphatic rings. The minimum absolute atomic E-state index is 0.206. The summed E-state index contributed by atoms with van der Waals surface area (Å²) in [6, 6.07) is 3.35. The molecule has 4 amide bonds. The second-order valence-electron chi connectivity index (χ2n) is 6.98. The topological polar surface area (TPSA) is 170 Å². The van der Waals surface area contributed by atoms with Crippen molar-refractivity contribution in [3.63, 3.8) is 0 Å². The Morgan fingerprint density at radius 3 is 2.06 bits per heavy atom. The zero-order valence-corrected chi connectivity index (χ0v) is 18.0. The van der Waals surface area contributed by atoms with E-state index in [2.05, 4.69) is 15.6 Å². The average Bonchev–Trinajstić information content (AvgIpc) is 3.43. The highest BCUT2D eigenvalue weighted by atomic mass is 32.1. The highest BCUT2D eigenvalue weighted by Crippen LogP contribution is 2.29. The first-order valence-electron chi connectivity index (χ1n) is 9.36. The summed E-state index contributed by atoms with van der Waals surface area (Å²) in [7, 11) is 3.02. The minimum Gasteiger partial charge on any atom is -0.306 e. The van der Waals surface area contributed by atoms with Crippen molar-refractivity contribution in [1.29, 1.82) is 0 Å². The Kier molecular flexibility index (Phi) is 5.42. The number of nitro groups is 2. The number of fused-ring (bicyclic) bond motifs is 1. The Balaban J connectivity index is 1.48. The number of anilines is 2. The average molecular weight is 475 g/mol. The van der Waals surface area contributed by atoms with Crippen molar-refractivity contribution in [2.45, 2.75) is 12.3 Å². The summed E-state index contributed by atoms with van der Waals surface area (Å²) in [6.07, 6.45) is 2.77. The van der Waals surface area contributed by atoms with E-state index >= 15 is 0 Å². The fourth-order valence-electron chi connectivity index (χ4n) is 3.31. The van der Waals surface area contributed by atoms with Gasteiger partial charge in [0.1, 0.15) is 0 Å². The van der Waals surface area contributed by atoms with Crippen molar-refractivity contribution in [3.8, 4) is 0 Å². The number of carbonyl (C=O) groups excluding carboxylic acids is 2. The summed E-state index contributed by atoms with van der Waals surface area (Å²) < 4.78 is 0.612. The standard InChI is InChI=1S/C17H17N9O6S/c1-21-7-5-13(25(29)30)23(21)16(27)18-10-3-4-11-12(9-10)33-15(19-11)20-17(28)24-14(26(31)32)6-8-22(24)2/h3-9,13-14H,1-2H3,(H,18,27)(H,19,20,28). The fourth-order valence-corrected chi connectivity index (χ4v) is 4.21. The van der Waals surface area contributed by atoms with Gasteiger partial charge in [0.25, 0.3) is 0 Å². The van der Waals surface area contributed by atoms with Crippen molar-refractivity contribution >= 4 is 44.4 Å². The van der Waals surface area contributed by atoms with Crippen LogP contribution in [0, 0.1) is 20.2 Å². The molecule has 0 saturated heterocycles. The summed E-state index contributed by atoms with van der Waals surface area (Å²) >= 11 is 1.10. The van der Waals surface area contributed by atoms with Gasteiger partial charge in [0.15, 0.2) is 5.13 Å². The molecule has 2 atom stereocenters. The molecule has 3 heterocycles. The fraction of sp³-hybridized carbons (Fsp3) is 0.235. The highest BCUT2D eigenvalue weighted by molar-refractivity contribution is 7.22. The summed E-state index contributed by atoms with van der Waals surface area (Å²) in [5, 5.41) is 32.2. The number of nitrogens with one attached hydrogen (secondary N) is 2. The second kappa shape index (κ2) is 8.23. The van der Waals surface area contributed by atoms with Gasteiger partial charge in [-0.05, 0) is 18.2 Å². The van der Waals surface area contributed by atoms with Crippen molar-refractivity contribution in [3.05, 3.63) is 63.0 Å². The van der Waals surface area contributed by atoms with Crippen LogP contribution in [0.5, 0.6) is 0 Å². The molecule has 16 heteroatoms. The van der Waals surface area contributed by atoms with Crippen molar-refractivity contribution in [1.82, 2.24) is 25.0 Å². The summed E-state index contributed by atoms with van der Waals surface area (Å²) in [5.41, 5.74) is 0.892. The molecule has 1 aromatic carbocycles. The van der Waals surface area contributed by atoms with Gasteiger partial charge < -0.3 is 5.32 Å². The Morgan fingerprint density at radius 2 is 1.52 bits per heavy atom. The zero-order valence-electron chi connectivity index (χ0n) is 17.2. The van der Waals surface area contributed by atoms with Crippen molar-refractivity contribution in [2.75, 3.05) is 24.7 Å². The number of nitrogens with zero attached hydrogens (tertiary/aromatic N) is 7. The number of hydrogen-bond acceptors (Lipinski definition) is 10. The number of aromatic nitrogens is 1. The zero-order chi connectivity index (χ0) is 23.9. The molecule has 0 radical (unpaired) electrons. The third kappa shape index (κ3) is 4.05. The Morgan fingerprint density at radius 1 is 0.970 bits per heavy atom. The first kappa shape index (κ1) is 21.8. The van der Waals surface area contributed by atoms with E-state index < -0.39 is 34.2 Å². The second-order valence-corrected chi connectivity index (χ2v) is 8.01. The lowest BCUT2D eigenvalue weighted by molar-refractivity contribution is -0.536. The lowest BCUT2D eigenvalue weighted by Gasteiger charge is -2.26. The molecular formula is C17H17N9O6S. The number of urea groups is 2. The number of hydrazine groups is 2. The van der Waals surface area contributed by atoms with Crippen LogP contribution in [0.25, 0.3) is 10.2 Å². The van der Waals surface area contributed by atoms with Crippen LogP contribution in [0.1, 0.15) is 0 Å². The van der Waals surface area contributed by atoms with Crippen LogP contribution in [-0.4, -0.2) is 73.4 Å². The summed E-state index contributed by atoms with van der Waals surface area (Å²) in [5.74, 6) is 0. The van der Waals surface area contributed by atoms with Crippen LogP contribution in [0.4, 0.5) is 20.4 Å². The van der Waals surface area contributed by atoms with E-state index in [0.29, 0.717) is 15.9 Å². The maximum Gasteiger partial charge on any atom is 0.348 e. The molecule has 0 saturated carbocycles. The first-order chi connectivity index (χ1) is 15.7. The third-order valence-electron chi connectivity index (χ3n) is 4.83. The van der Waals surface area contributed by atoms with Crippen LogP contribution < -0.4 is 10.6 Å². The first-order valence-corrected chi connectivity index (χ1v) is 10.2. The van der Waals surface area contributed by atoms with Crippen molar-refractivity contribution in [2.24, 2.45) is 0 Å². The molecule has 0 aliphatic carbocycles. The van der Waals surface area contributed by atoms with E-state index in [1.807, 2.05) is 0 Å². The predicted octanol–water partition coefficient (Wildman–Crippen LogP) is 1.92. The number of hydrogen-bond donors (Lipinski definition) is 2. The molecule has 4 rings (SSSR count). The van der Waals surface area contributed by atoms with Gasteiger partial charge in [-0.25, -0.2) is 14.6 Å². The molecule has 2 unspecified atom stereocenters. The van der Waals surface area contributed by atoms with Gasteiger partial charge in [-0.3, -0.25) is 35.6 Å². The predicted molar refractivity (Wildman–Crippen MR) is 117 cm³/mol. The van der Waals surface area contributed by atoms with Gasteiger partial charge in [0.2, 0.25) is 0 Å². The van der Waals surface area contributed by atoms with E-state index in [1.54, 1.807) is 18.2 Å². The quantitative estimate of drug-likeness (QED) is 0.495. The van der Waals surface area contributed by atoms with Crippen LogP contribution in [-0.2, 0) is 0 Å². The molecule has 2 aliphatic heterocycles. The lowest BCUT2D eigenvalue weighted by Crippen LogP contribution is -2.48. The number of carbonyl (C=O) groups is 2. The molecular weight excluding hydrogens is 458 g/mol. The van der Waals surface area contributed by atoms with Gasteiger partial charge in [0, 0.05) is 44.3 Å². The molecule has 0 bridgehead atoms. The monoisotopic (exact) mass is 475 g/mol. The smallest absolute Gasteiger partial charge is 0.306 e. The molecule has 15 nitrogen and oxygen atoms in total. The largest absolute Gasteiger partial charge is 0.348 e. The maximum atomic E-state index is 12.6. The van der Waals surface area contributed by atoms with E-state index in [-0.39, 0.29) is 5.13 Å². The number of rotatable bonds is 4. The third-order valence-corrected chi connectivity index (χ3v) is 5.76. The molecule has 33 heavy (non-hydrogen) atoms. The minimum atomic E-state index is -1.33. The van der Waals surface area contributed by atoms with Gasteiger partial charge in [-0.1, -0.05) is 11.3 Å². The van der Waals surface area contributed by atoms with E-state index in [9.17, 15) is 29.8 Å².